The summed E-state index contributed by atoms with van der Waals surface area (Å²) >= 11 is 0. The summed E-state index contributed by atoms with van der Waals surface area (Å²) in [6.45, 7) is 4.07. The lowest BCUT2D eigenvalue weighted by Crippen LogP contribution is -3.28. The van der Waals surface area contributed by atoms with Crippen LogP contribution in [0.2, 0.25) is 0 Å². The van der Waals surface area contributed by atoms with Gasteiger partial charge in [0, 0.05) is 5.69 Å². The molecule has 0 aromatic heterocycles. The first-order valence-electron chi connectivity index (χ1n) is 7.04. The van der Waals surface area contributed by atoms with Gasteiger partial charge in [0.2, 0.25) is 0 Å². The molecule has 1 aromatic carbocycles. The number of quaternary nitrogens is 2. The van der Waals surface area contributed by atoms with Crippen LogP contribution in [0.4, 0.5) is 10.1 Å². The molecule has 0 atom stereocenters. The van der Waals surface area contributed by atoms with Crippen molar-refractivity contribution in [2.24, 2.45) is 5.73 Å². The number of anilines is 1. The lowest BCUT2D eigenvalue weighted by atomic mass is 10.3. The van der Waals surface area contributed by atoms with Crippen molar-refractivity contribution in [2.45, 2.75) is 0 Å². The molecule has 114 valence electrons. The smallest absolute Gasteiger partial charge is 0.279 e. The van der Waals surface area contributed by atoms with Crippen LogP contribution in [0.3, 0.4) is 0 Å². The summed E-state index contributed by atoms with van der Waals surface area (Å²) in [5, 5.41) is 2.75. The fourth-order valence-corrected chi connectivity index (χ4v) is 2.52. The molecule has 2 rings (SSSR count). The standard InChI is InChI=1S/C14H19FN4O2/c15-11-1-3-12(4-2-11)17-14(21)10-19-7-5-18(6-8-19)9-13(16)20/h1-4H,5-10H2,(H2,16,20)(H,17,21)/p+2. The largest absolute Gasteiger partial charge is 0.365 e. The van der Waals surface area contributed by atoms with Crippen LogP contribution < -0.4 is 20.9 Å². The van der Waals surface area contributed by atoms with E-state index in [2.05, 4.69) is 5.32 Å². The first-order valence-corrected chi connectivity index (χ1v) is 7.04. The van der Waals surface area contributed by atoms with Crippen molar-refractivity contribution >= 4 is 17.5 Å². The van der Waals surface area contributed by atoms with Crippen LogP contribution in [0.15, 0.2) is 24.3 Å². The summed E-state index contributed by atoms with van der Waals surface area (Å²) in [5.41, 5.74) is 5.77. The van der Waals surface area contributed by atoms with Crippen LogP contribution in [0, 0.1) is 5.82 Å². The van der Waals surface area contributed by atoms with E-state index in [4.69, 9.17) is 5.73 Å². The van der Waals surface area contributed by atoms with E-state index >= 15 is 0 Å². The number of nitrogens with one attached hydrogen (secondary N) is 3. The quantitative estimate of drug-likeness (QED) is 0.468. The Bertz CT molecular complexity index is 498. The SMILES string of the molecule is NC(=O)C[NH+]1CC[NH+](CC(=O)Nc2ccc(F)cc2)CC1. The van der Waals surface area contributed by atoms with Gasteiger partial charge in [0.15, 0.2) is 13.1 Å². The van der Waals surface area contributed by atoms with Crippen molar-refractivity contribution < 1.29 is 23.8 Å². The van der Waals surface area contributed by atoms with Crippen LogP contribution in [0.25, 0.3) is 0 Å². The molecule has 0 bridgehead atoms. The number of amides is 2. The number of primary amides is 1. The fourth-order valence-electron chi connectivity index (χ4n) is 2.52. The van der Waals surface area contributed by atoms with Crippen molar-refractivity contribution in [3.8, 4) is 0 Å². The fraction of sp³-hybridized carbons (Fsp3) is 0.429. The molecule has 0 radical (unpaired) electrons. The average Bonchev–Trinajstić information content (AvgIpc) is 2.43. The molecule has 1 aromatic rings. The molecule has 1 saturated heterocycles. The van der Waals surface area contributed by atoms with Gasteiger partial charge in [0.05, 0.1) is 0 Å². The Morgan fingerprint density at radius 3 is 2.10 bits per heavy atom. The van der Waals surface area contributed by atoms with Crippen LogP contribution in [-0.2, 0) is 9.59 Å². The molecule has 2 amide bonds. The van der Waals surface area contributed by atoms with Crippen LogP contribution in [0.1, 0.15) is 0 Å². The van der Waals surface area contributed by atoms with E-state index < -0.39 is 0 Å². The molecule has 1 aliphatic heterocycles. The van der Waals surface area contributed by atoms with Crippen molar-refractivity contribution in [3.05, 3.63) is 30.1 Å². The normalized spacial score (nSPS) is 21.8. The van der Waals surface area contributed by atoms with Gasteiger partial charge in [-0.1, -0.05) is 0 Å². The van der Waals surface area contributed by atoms with E-state index in [1.165, 1.54) is 34.1 Å². The third-order valence-electron chi connectivity index (χ3n) is 3.63. The molecule has 1 aliphatic rings. The zero-order valence-corrected chi connectivity index (χ0v) is 11.8. The number of benzene rings is 1. The second-order valence-corrected chi connectivity index (χ2v) is 5.37. The molecular weight excluding hydrogens is 275 g/mol. The Morgan fingerprint density at radius 1 is 1.05 bits per heavy atom. The maximum Gasteiger partial charge on any atom is 0.279 e. The summed E-state index contributed by atoms with van der Waals surface area (Å²) in [6, 6.07) is 5.71. The molecule has 1 heterocycles. The second-order valence-electron chi connectivity index (χ2n) is 5.37. The van der Waals surface area contributed by atoms with Gasteiger partial charge in [-0.3, -0.25) is 9.59 Å². The molecular formula is C14H21FN4O2+2. The van der Waals surface area contributed by atoms with E-state index in [1.807, 2.05) is 0 Å². The van der Waals surface area contributed by atoms with Gasteiger partial charge in [-0.05, 0) is 24.3 Å². The summed E-state index contributed by atoms with van der Waals surface area (Å²) in [6.07, 6.45) is 0. The minimum Gasteiger partial charge on any atom is -0.365 e. The molecule has 1 fully saturated rings. The topological polar surface area (TPSA) is 81.1 Å². The maximum atomic E-state index is 12.8. The molecule has 6 nitrogen and oxygen atoms in total. The van der Waals surface area contributed by atoms with Gasteiger partial charge in [-0.25, -0.2) is 4.39 Å². The van der Waals surface area contributed by atoms with Crippen molar-refractivity contribution in [2.75, 3.05) is 44.6 Å². The maximum absolute atomic E-state index is 12.8. The Hall–Kier alpha value is -1.99. The summed E-state index contributed by atoms with van der Waals surface area (Å²) in [7, 11) is 0. The first kappa shape index (κ1) is 15.4. The van der Waals surface area contributed by atoms with E-state index in [1.54, 1.807) is 0 Å². The summed E-state index contributed by atoms with van der Waals surface area (Å²) in [5.74, 6) is -0.704. The highest BCUT2D eigenvalue weighted by molar-refractivity contribution is 5.91. The summed E-state index contributed by atoms with van der Waals surface area (Å²) < 4.78 is 12.8. The highest BCUT2D eigenvalue weighted by atomic mass is 19.1. The Morgan fingerprint density at radius 2 is 1.57 bits per heavy atom. The van der Waals surface area contributed by atoms with Gasteiger partial charge in [0.25, 0.3) is 11.8 Å². The minimum atomic E-state index is -0.327. The second kappa shape index (κ2) is 7.14. The van der Waals surface area contributed by atoms with Crippen LogP contribution in [0.5, 0.6) is 0 Å². The van der Waals surface area contributed by atoms with Crippen molar-refractivity contribution in [1.29, 1.82) is 0 Å². The molecule has 0 saturated carbocycles. The highest BCUT2D eigenvalue weighted by Gasteiger charge is 2.25. The summed E-state index contributed by atoms with van der Waals surface area (Å²) in [4.78, 5) is 25.1. The average molecular weight is 296 g/mol. The zero-order chi connectivity index (χ0) is 15.2. The number of hydrogen-bond donors (Lipinski definition) is 4. The van der Waals surface area contributed by atoms with Gasteiger partial charge >= 0.3 is 0 Å². The number of rotatable bonds is 5. The molecule has 0 spiro atoms. The molecule has 5 N–H and O–H groups in total. The van der Waals surface area contributed by atoms with E-state index in [0.29, 0.717) is 18.8 Å². The van der Waals surface area contributed by atoms with Crippen LogP contribution >= 0.6 is 0 Å². The van der Waals surface area contributed by atoms with Gasteiger partial charge in [-0.2, -0.15) is 0 Å². The minimum absolute atomic E-state index is 0.0880. The Labute approximate surface area is 122 Å². The number of halogens is 1. The van der Waals surface area contributed by atoms with Gasteiger partial charge in [-0.15, -0.1) is 0 Å². The molecule has 0 unspecified atom stereocenters. The number of nitrogens with two attached hydrogens (primary N) is 1. The number of piperazine rings is 1. The lowest BCUT2D eigenvalue weighted by Gasteiger charge is -2.28. The third kappa shape index (κ3) is 5.13. The Balaban J connectivity index is 1.74. The van der Waals surface area contributed by atoms with Crippen molar-refractivity contribution in [3.63, 3.8) is 0 Å². The van der Waals surface area contributed by atoms with Crippen LogP contribution in [-0.4, -0.2) is 51.1 Å². The number of hydrogen-bond acceptors (Lipinski definition) is 2. The number of carbonyl (C=O) groups is 2. The van der Waals surface area contributed by atoms with E-state index in [-0.39, 0.29) is 17.6 Å². The predicted octanol–water partition coefficient (Wildman–Crippen LogP) is -2.97. The van der Waals surface area contributed by atoms with Gasteiger partial charge in [0.1, 0.15) is 32.0 Å². The predicted molar refractivity (Wildman–Crippen MR) is 75.4 cm³/mol. The Kier molecular flexibility index (Phi) is 5.24. The third-order valence-corrected chi connectivity index (χ3v) is 3.63. The first-order chi connectivity index (χ1) is 10.0. The zero-order valence-electron chi connectivity index (χ0n) is 11.8. The molecule has 7 heteroatoms. The lowest BCUT2D eigenvalue weighted by molar-refractivity contribution is -1.00. The van der Waals surface area contributed by atoms with E-state index in [0.717, 1.165) is 26.2 Å². The van der Waals surface area contributed by atoms with Gasteiger partial charge < -0.3 is 20.9 Å². The highest BCUT2D eigenvalue weighted by Crippen LogP contribution is 2.07. The number of carbonyl (C=O) groups excluding carboxylic acids is 2. The molecule has 0 aliphatic carbocycles. The molecule has 21 heavy (non-hydrogen) atoms. The van der Waals surface area contributed by atoms with E-state index in [9.17, 15) is 14.0 Å². The van der Waals surface area contributed by atoms with Crippen molar-refractivity contribution in [1.82, 2.24) is 0 Å². The monoisotopic (exact) mass is 296 g/mol.